The van der Waals surface area contributed by atoms with Crippen molar-refractivity contribution in [3.05, 3.63) is 23.8 Å². The average molecular weight is 402 g/mol. The van der Waals surface area contributed by atoms with Gasteiger partial charge < -0.3 is 9.67 Å². The minimum Gasteiger partial charge on any atom is -0.508 e. The molecule has 0 radical (unpaired) electrons. The van der Waals surface area contributed by atoms with Crippen LogP contribution in [0.3, 0.4) is 0 Å². The number of nitrogens with zero attached hydrogens (tertiary/aromatic N) is 2. The highest BCUT2D eigenvalue weighted by atomic mass is 19.4. The summed E-state index contributed by atoms with van der Waals surface area (Å²) in [6.07, 6.45) is -1.11. The number of rotatable bonds is 4. The smallest absolute Gasteiger partial charge is 0.394 e. The van der Waals surface area contributed by atoms with Crippen LogP contribution in [0.4, 0.5) is 17.6 Å². The molecule has 1 aromatic carbocycles. The molecule has 1 saturated carbocycles. The predicted octanol–water partition coefficient (Wildman–Crippen LogP) is 5.86. The number of aromatic nitrogens is 2. The van der Waals surface area contributed by atoms with Gasteiger partial charge in [0.05, 0.1) is 10.9 Å². The fourth-order valence-electron chi connectivity index (χ4n) is 3.08. The standard InChI is InChI=1S/C12H13FN2O.C8H13F3O/c1-7-14-12-10(13)5-9(16)6-11(12)15(7)8-3-2-4-8;1-4-6(12)5-7(2,3)8(9,10)11/h5-6,8,16H,2-4H2,1H3;4-5H2,1-3H3. The molecule has 0 bridgehead atoms. The van der Waals surface area contributed by atoms with Crippen molar-refractivity contribution in [1.82, 2.24) is 9.55 Å². The van der Waals surface area contributed by atoms with E-state index in [1.165, 1.54) is 6.42 Å². The van der Waals surface area contributed by atoms with Crippen molar-refractivity contribution in [3.63, 3.8) is 0 Å². The van der Waals surface area contributed by atoms with Crippen LogP contribution in [-0.4, -0.2) is 26.6 Å². The van der Waals surface area contributed by atoms with E-state index >= 15 is 0 Å². The number of carbonyl (C=O) groups is 1. The number of ketones is 1. The molecular formula is C20H26F4N2O2. The van der Waals surface area contributed by atoms with E-state index in [9.17, 15) is 27.5 Å². The summed E-state index contributed by atoms with van der Waals surface area (Å²) in [6.45, 7) is 5.53. The Hall–Kier alpha value is -2.12. The second-order valence-corrected chi connectivity index (χ2v) is 7.86. The largest absolute Gasteiger partial charge is 0.508 e. The molecule has 0 spiro atoms. The van der Waals surface area contributed by atoms with Crippen molar-refractivity contribution in [2.75, 3.05) is 0 Å². The molecule has 8 heteroatoms. The number of Topliss-reactive ketones (excluding diaryl/α,β-unsaturated/α-hetero) is 1. The quantitative estimate of drug-likeness (QED) is 0.652. The summed E-state index contributed by atoms with van der Waals surface area (Å²) >= 11 is 0. The third-order valence-corrected chi connectivity index (χ3v) is 5.15. The fourth-order valence-corrected chi connectivity index (χ4v) is 3.08. The molecule has 0 unspecified atom stereocenters. The van der Waals surface area contributed by atoms with Crippen molar-refractivity contribution in [2.45, 2.75) is 72.0 Å². The molecule has 4 nitrogen and oxygen atoms in total. The molecule has 156 valence electrons. The Bertz CT molecular complexity index is 852. The van der Waals surface area contributed by atoms with Crippen LogP contribution in [-0.2, 0) is 4.79 Å². The van der Waals surface area contributed by atoms with E-state index in [2.05, 4.69) is 4.98 Å². The number of hydrogen-bond donors (Lipinski definition) is 1. The van der Waals surface area contributed by atoms with Gasteiger partial charge in [0.2, 0.25) is 0 Å². The van der Waals surface area contributed by atoms with Gasteiger partial charge >= 0.3 is 6.18 Å². The molecule has 0 saturated heterocycles. The summed E-state index contributed by atoms with van der Waals surface area (Å²) < 4.78 is 52.2. The number of benzene rings is 1. The highest BCUT2D eigenvalue weighted by Crippen LogP contribution is 2.40. The Morgan fingerprint density at radius 2 is 1.89 bits per heavy atom. The Balaban J connectivity index is 0.000000211. The molecule has 3 rings (SSSR count). The van der Waals surface area contributed by atoms with Gasteiger partial charge in [-0.15, -0.1) is 0 Å². The van der Waals surface area contributed by atoms with Crippen molar-refractivity contribution in [3.8, 4) is 5.75 Å². The van der Waals surface area contributed by atoms with Gasteiger partial charge in [0, 0.05) is 31.0 Å². The molecule has 1 aliphatic carbocycles. The van der Waals surface area contributed by atoms with Gasteiger partial charge in [0.1, 0.15) is 22.9 Å². The van der Waals surface area contributed by atoms with Crippen molar-refractivity contribution < 1.29 is 27.5 Å². The minimum atomic E-state index is -4.29. The van der Waals surface area contributed by atoms with E-state index in [4.69, 9.17) is 0 Å². The average Bonchev–Trinajstić information content (AvgIpc) is 2.82. The molecule has 1 N–H and O–H groups in total. The first-order chi connectivity index (χ1) is 12.9. The van der Waals surface area contributed by atoms with E-state index in [1.807, 2.05) is 11.5 Å². The third-order valence-electron chi connectivity index (χ3n) is 5.15. The number of aryl methyl sites for hydroxylation is 1. The molecule has 1 fully saturated rings. The van der Waals surface area contributed by atoms with Crippen LogP contribution >= 0.6 is 0 Å². The van der Waals surface area contributed by atoms with Crippen LogP contribution in [0.25, 0.3) is 11.0 Å². The number of imidazole rings is 1. The maximum atomic E-state index is 13.6. The van der Waals surface area contributed by atoms with Crippen LogP contribution in [0.5, 0.6) is 5.75 Å². The zero-order valence-corrected chi connectivity index (χ0v) is 16.5. The Morgan fingerprint density at radius 3 is 2.36 bits per heavy atom. The molecule has 1 aromatic heterocycles. The van der Waals surface area contributed by atoms with E-state index in [0.717, 1.165) is 38.6 Å². The van der Waals surface area contributed by atoms with E-state index < -0.39 is 23.8 Å². The lowest BCUT2D eigenvalue weighted by Gasteiger charge is -2.28. The summed E-state index contributed by atoms with van der Waals surface area (Å²) in [7, 11) is 0. The topological polar surface area (TPSA) is 55.1 Å². The van der Waals surface area contributed by atoms with Gasteiger partial charge in [-0.2, -0.15) is 13.2 Å². The second kappa shape index (κ2) is 8.09. The number of phenolic OH excluding ortho intramolecular Hbond substituents is 1. The lowest BCUT2D eigenvalue weighted by atomic mass is 9.86. The summed E-state index contributed by atoms with van der Waals surface area (Å²) in [6, 6.07) is 3.13. The number of phenols is 1. The van der Waals surface area contributed by atoms with Crippen molar-refractivity contribution >= 4 is 16.8 Å². The summed E-state index contributed by atoms with van der Waals surface area (Å²) in [5.41, 5.74) is -0.818. The first kappa shape index (κ1) is 22.2. The molecule has 0 amide bonds. The first-order valence-electron chi connectivity index (χ1n) is 9.33. The molecular weight excluding hydrogens is 376 g/mol. The van der Waals surface area contributed by atoms with Gasteiger partial charge in [-0.05, 0) is 26.2 Å². The zero-order chi connectivity index (χ0) is 21.3. The van der Waals surface area contributed by atoms with Crippen LogP contribution in [0, 0.1) is 18.2 Å². The second-order valence-electron chi connectivity index (χ2n) is 7.86. The fraction of sp³-hybridized carbons (Fsp3) is 0.600. The lowest BCUT2D eigenvalue weighted by Crippen LogP contribution is -2.34. The molecule has 1 aliphatic rings. The Morgan fingerprint density at radius 1 is 1.29 bits per heavy atom. The van der Waals surface area contributed by atoms with Gasteiger partial charge in [-0.1, -0.05) is 20.8 Å². The predicted molar refractivity (Wildman–Crippen MR) is 98.7 cm³/mol. The molecule has 28 heavy (non-hydrogen) atoms. The minimum absolute atomic E-state index is 0.0366. The number of aromatic hydroxyl groups is 1. The van der Waals surface area contributed by atoms with Crippen LogP contribution in [0.2, 0.25) is 0 Å². The van der Waals surface area contributed by atoms with Crippen molar-refractivity contribution in [1.29, 1.82) is 0 Å². The lowest BCUT2D eigenvalue weighted by molar-refractivity contribution is -0.213. The molecule has 0 aliphatic heterocycles. The van der Waals surface area contributed by atoms with Crippen molar-refractivity contribution in [2.24, 2.45) is 5.41 Å². The number of carbonyl (C=O) groups excluding carboxylic acids is 1. The third kappa shape index (κ3) is 4.64. The summed E-state index contributed by atoms with van der Waals surface area (Å²) in [5.74, 6) is -0.0110. The highest BCUT2D eigenvalue weighted by Gasteiger charge is 2.47. The van der Waals surface area contributed by atoms with E-state index in [1.54, 1.807) is 13.0 Å². The first-order valence-corrected chi connectivity index (χ1v) is 9.33. The molecule has 2 aromatic rings. The number of hydrogen-bond acceptors (Lipinski definition) is 3. The SMILES string of the molecule is CCC(=O)CC(C)(C)C(F)(F)F.Cc1nc2c(F)cc(O)cc2n1C1CCC1. The maximum absolute atomic E-state index is 13.6. The van der Waals surface area contributed by atoms with Crippen LogP contribution < -0.4 is 0 Å². The Kier molecular flexibility index (Phi) is 6.41. The number of halogens is 4. The summed E-state index contributed by atoms with van der Waals surface area (Å²) in [5, 5.41) is 9.44. The number of fused-ring (bicyclic) bond motifs is 1. The van der Waals surface area contributed by atoms with Crippen LogP contribution in [0.1, 0.15) is 64.7 Å². The van der Waals surface area contributed by atoms with Gasteiger partial charge in [-0.25, -0.2) is 9.37 Å². The van der Waals surface area contributed by atoms with Crippen LogP contribution in [0.15, 0.2) is 12.1 Å². The normalized spacial score (nSPS) is 15.1. The van der Waals surface area contributed by atoms with Gasteiger partial charge in [-0.3, -0.25) is 4.79 Å². The Labute approximate surface area is 161 Å². The summed E-state index contributed by atoms with van der Waals surface area (Å²) in [4.78, 5) is 15.0. The van der Waals surface area contributed by atoms with E-state index in [0.29, 0.717) is 17.1 Å². The molecule has 1 heterocycles. The monoisotopic (exact) mass is 402 g/mol. The van der Waals surface area contributed by atoms with Gasteiger partial charge in [0.25, 0.3) is 0 Å². The molecule has 0 atom stereocenters. The zero-order valence-electron chi connectivity index (χ0n) is 16.5. The highest BCUT2D eigenvalue weighted by molar-refractivity contribution is 5.79. The number of alkyl halides is 3. The maximum Gasteiger partial charge on any atom is 0.394 e. The van der Waals surface area contributed by atoms with Gasteiger partial charge in [0.15, 0.2) is 5.82 Å². The van der Waals surface area contributed by atoms with E-state index in [-0.39, 0.29) is 18.0 Å².